The smallest absolute Gasteiger partial charge is 0.331 e. The van der Waals surface area contributed by atoms with Gasteiger partial charge in [-0.1, -0.05) is 42.5 Å². The first kappa shape index (κ1) is 19.4. The third-order valence-corrected chi connectivity index (χ3v) is 5.86. The summed E-state index contributed by atoms with van der Waals surface area (Å²) in [6.07, 6.45) is -0.970. The van der Waals surface area contributed by atoms with Crippen LogP contribution < -0.4 is 11.2 Å². The predicted molar refractivity (Wildman–Crippen MR) is 112 cm³/mol. The van der Waals surface area contributed by atoms with E-state index in [-0.39, 0.29) is 12.2 Å². The van der Waals surface area contributed by atoms with Gasteiger partial charge >= 0.3 is 5.69 Å². The molecule has 1 aliphatic rings. The van der Waals surface area contributed by atoms with Gasteiger partial charge in [-0.2, -0.15) is 0 Å². The molecule has 31 heavy (non-hydrogen) atoms. The van der Waals surface area contributed by atoms with Crippen molar-refractivity contribution in [1.29, 1.82) is 0 Å². The van der Waals surface area contributed by atoms with E-state index < -0.39 is 29.0 Å². The Balaban J connectivity index is 1.97. The van der Waals surface area contributed by atoms with Crippen LogP contribution in [0.25, 0.3) is 22.2 Å². The zero-order chi connectivity index (χ0) is 21.9. The van der Waals surface area contributed by atoms with Gasteiger partial charge < -0.3 is 9.30 Å². The van der Waals surface area contributed by atoms with Gasteiger partial charge in [0, 0.05) is 26.2 Å². The van der Waals surface area contributed by atoms with Crippen molar-refractivity contribution in [1.82, 2.24) is 13.7 Å². The molecular weight excluding hydrogens is 404 g/mol. The Morgan fingerprint density at radius 2 is 1.71 bits per heavy atom. The summed E-state index contributed by atoms with van der Waals surface area (Å²) in [5.74, 6) is -1.99. The third-order valence-electron chi connectivity index (χ3n) is 5.86. The van der Waals surface area contributed by atoms with E-state index in [2.05, 4.69) is 0 Å². The van der Waals surface area contributed by atoms with E-state index in [4.69, 9.17) is 4.74 Å². The zero-order valence-electron chi connectivity index (χ0n) is 16.9. The summed E-state index contributed by atoms with van der Waals surface area (Å²) < 4.78 is 39.0. The van der Waals surface area contributed by atoms with Gasteiger partial charge in [0.2, 0.25) is 0 Å². The number of ether oxygens (including phenoxy) is 1. The Hall–Kier alpha value is -3.52. The lowest BCUT2D eigenvalue weighted by molar-refractivity contribution is 0.0453. The van der Waals surface area contributed by atoms with E-state index in [0.29, 0.717) is 28.8 Å². The number of fused-ring (bicyclic) bond motifs is 3. The molecule has 5 rings (SSSR count). The quantitative estimate of drug-likeness (QED) is 0.498. The molecule has 1 aliphatic heterocycles. The highest BCUT2D eigenvalue weighted by molar-refractivity contribution is 5.96. The minimum atomic E-state index is -1.01. The van der Waals surface area contributed by atoms with E-state index in [1.165, 1.54) is 23.7 Å². The fraction of sp³-hybridized carbons (Fsp3) is 0.217. The van der Waals surface area contributed by atoms with Gasteiger partial charge in [-0.05, 0) is 11.6 Å². The molecule has 0 bridgehead atoms. The molecule has 0 N–H and O–H groups in total. The van der Waals surface area contributed by atoms with Gasteiger partial charge in [0.15, 0.2) is 11.6 Å². The maximum Gasteiger partial charge on any atom is 0.331 e. The van der Waals surface area contributed by atoms with Gasteiger partial charge in [0.25, 0.3) is 5.56 Å². The van der Waals surface area contributed by atoms with Crippen LogP contribution in [0.15, 0.2) is 58.1 Å². The van der Waals surface area contributed by atoms with Crippen LogP contribution >= 0.6 is 0 Å². The second-order valence-corrected chi connectivity index (χ2v) is 7.57. The van der Waals surface area contributed by atoms with Crippen LogP contribution in [-0.2, 0) is 25.4 Å². The van der Waals surface area contributed by atoms with Crippen LogP contribution in [0.2, 0.25) is 0 Å². The minimum Gasteiger partial charge on any atom is -0.365 e. The molecular formula is C23H19F2N3O3. The Morgan fingerprint density at radius 3 is 2.45 bits per heavy atom. The van der Waals surface area contributed by atoms with Crippen LogP contribution in [0.5, 0.6) is 0 Å². The number of rotatable bonds is 2. The normalized spacial score (nSPS) is 15.9. The minimum absolute atomic E-state index is 0.0214. The van der Waals surface area contributed by atoms with Crippen LogP contribution in [0.3, 0.4) is 0 Å². The summed E-state index contributed by atoms with van der Waals surface area (Å²) in [4.78, 5) is 26.0. The van der Waals surface area contributed by atoms with Crippen molar-refractivity contribution in [3.8, 4) is 11.3 Å². The summed E-state index contributed by atoms with van der Waals surface area (Å²) in [6, 6.07) is 13.2. The number of aryl methyl sites for hydroxylation is 1. The van der Waals surface area contributed by atoms with E-state index in [9.17, 15) is 18.4 Å². The average Bonchev–Trinajstić information content (AvgIpc) is 3.14. The molecule has 0 saturated heterocycles. The molecule has 2 aromatic heterocycles. The molecule has 1 unspecified atom stereocenters. The molecule has 0 aliphatic carbocycles. The van der Waals surface area contributed by atoms with Crippen molar-refractivity contribution in [3.05, 3.63) is 92.3 Å². The van der Waals surface area contributed by atoms with E-state index in [1.54, 1.807) is 7.05 Å². The Kier molecular flexibility index (Phi) is 4.40. The molecule has 1 atom stereocenters. The van der Waals surface area contributed by atoms with Crippen molar-refractivity contribution in [2.45, 2.75) is 12.6 Å². The number of aromatic nitrogens is 3. The van der Waals surface area contributed by atoms with E-state index >= 15 is 0 Å². The molecule has 4 aromatic rings. The average molecular weight is 423 g/mol. The molecule has 158 valence electrons. The maximum absolute atomic E-state index is 14.7. The Morgan fingerprint density at radius 1 is 0.968 bits per heavy atom. The number of hydrogen-bond acceptors (Lipinski definition) is 3. The number of hydrogen-bond donors (Lipinski definition) is 0. The highest BCUT2D eigenvalue weighted by Gasteiger charge is 2.34. The van der Waals surface area contributed by atoms with Crippen LogP contribution in [0.4, 0.5) is 8.78 Å². The largest absolute Gasteiger partial charge is 0.365 e. The fourth-order valence-electron chi connectivity index (χ4n) is 4.44. The summed E-state index contributed by atoms with van der Waals surface area (Å²) in [6.45, 7) is 0.641. The van der Waals surface area contributed by atoms with Crippen LogP contribution in [-0.4, -0.2) is 20.3 Å². The van der Waals surface area contributed by atoms with Crippen LogP contribution in [0, 0.1) is 11.6 Å². The first-order valence-corrected chi connectivity index (χ1v) is 9.84. The lowest BCUT2D eigenvalue weighted by Crippen LogP contribution is -2.37. The second kappa shape index (κ2) is 7.02. The van der Waals surface area contributed by atoms with Gasteiger partial charge in [0.1, 0.15) is 6.10 Å². The second-order valence-electron chi connectivity index (χ2n) is 7.57. The molecule has 0 fully saturated rings. The van der Waals surface area contributed by atoms with Crippen molar-refractivity contribution >= 4 is 10.9 Å². The monoisotopic (exact) mass is 423 g/mol. The summed E-state index contributed by atoms with van der Waals surface area (Å²) in [5.41, 5.74) is 1.31. The van der Waals surface area contributed by atoms with Crippen molar-refractivity contribution < 1.29 is 13.5 Å². The molecule has 8 heteroatoms. The summed E-state index contributed by atoms with van der Waals surface area (Å²) in [5, 5.41) is 0.345. The van der Waals surface area contributed by atoms with E-state index in [0.717, 1.165) is 16.2 Å². The summed E-state index contributed by atoms with van der Waals surface area (Å²) >= 11 is 0. The highest BCUT2D eigenvalue weighted by Crippen LogP contribution is 2.41. The Bertz CT molecular complexity index is 1450. The van der Waals surface area contributed by atoms with Crippen LogP contribution in [0.1, 0.15) is 17.4 Å². The molecule has 6 nitrogen and oxygen atoms in total. The van der Waals surface area contributed by atoms with Gasteiger partial charge in [-0.15, -0.1) is 0 Å². The number of benzene rings is 2. The first-order valence-electron chi connectivity index (χ1n) is 9.84. The van der Waals surface area contributed by atoms with Crippen molar-refractivity contribution in [3.63, 3.8) is 0 Å². The zero-order valence-corrected chi connectivity index (χ0v) is 16.9. The maximum atomic E-state index is 14.7. The van der Waals surface area contributed by atoms with E-state index in [1.807, 2.05) is 34.9 Å². The molecule has 0 radical (unpaired) electrons. The summed E-state index contributed by atoms with van der Waals surface area (Å²) in [7, 11) is 2.99. The molecule has 2 aromatic carbocycles. The number of nitrogens with zero attached hydrogens (tertiary/aromatic N) is 3. The lowest BCUT2D eigenvalue weighted by atomic mass is 10.0. The van der Waals surface area contributed by atoms with Crippen molar-refractivity contribution in [2.24, 2.45) is 14.1 Å². The standard InChI is InChI=1S/C23H19F2N3O3/c1-26-19-16(22(29)27(2)23(26)30)18(13-7-4-3-5-8-13)28-11-12-31-21(20(19)28)14-9-6-10-15(24)17(14)25/h3-10,21H,11-12H2,1-2H3. The third kappa shape index (κ3) is 2.71. The SMILES string of the molecule is Cn1c(=O)c2c(-c3ccccc3)n3c(c2n(C)c1=O)C(c1cccc(F)c1F)OCC3. The highest BCUT2D eigenvalue weighted by atomic mass is 19.2. The van der Waals surface area contributed by atoms with Gasteiger partial charge in [-0.3, -0.25) is 13.9 Å². The van der Waals surface area contributed by atoms with Gasteiger partial charge in [-0.25, -0.2) is 13.6 Å². The van der Waals surface area contributed by atoms with Crippen molar-refractivity contribution in [2.75, 3.05) is 6.61 Å². The topological polar surface area (TPSA) is 58.2 Å². The molecule has 0 spiro atoms. The number of halogens is 2. The van der Waals surface area contributed by atoms with Gasteiger partial charge in [0.05, 0.1) is 28.9 Å². The molecule has 0 saturated carbocycles. The fourth-order valence-corrected chi connectivity index (χ4v) is 4.44. The molecule has 0 amide bonds. The Labute approximate surface area is 175 Å². The lowest BCUT2D eigenvalue weighted by Gasteiger charge is -2.28. The molecule has 3 heterocycles. The predicted octanol–water partition coefficient (Wildman–Crippen LogP) is 3.10. The first-order chi connectivity index (χ1) is 14.9.